The van der Waals surface area contributed by atoms with E-state index < -0.39 is 11.7 Å². The second kappa shape index (κ2) is 7.25. The van der Waals surface area contributed by atoms with Crippen molar-refractivity contribution in [3.63, 3.8) is 0 Å². The van der Waals surface area contributed by atoms with Crippen molar-refractivity contribution in [1.82, 2.24) is 0 Å². The number of nitrogens with zero attached hydrogens (tertiary/aromatic N) is 1. The first-order valence-corrected chi connectivity index (χ1v) is 7.71. The maximum atomic E-state index is 12.6. The third kappa shape index (κ3) is 4.65. The summed E-state index contributed by atoms with van der Waals surface area (Å²) in [5.74, 6) is 0.838. The van der Waals surface area contributed by atoms with Crippen LogP contribution in [0.1, 0.15) is 26.3 Å². The summed E-state index contributed by atoms with van der Waals surface area (Å²) >= 11 is 0. The third-order valence-corrected chi connectivity index (χ3v) is 3.32. The van der Waals surface area contributed by atoms with Crippen molar-refractivity contribution in [2.24, 2.45) is 0 Å². The molecule has 24 heavy (non-hydrogen) atoms. The quantitative estimate of drug-likeness (QED) is 0.906. The molecule has 5 nitrogen and oxygen atoms in total. The molecule has 0 bridgehead atoms. The number of amides is 1. The van der Waals surface area contributed by atoms with Crippen molar-refractivity contribution >= 4 is 11.8 Å². The molecule has 5 heteroatoms. The van der Waals surface area contributed by atoms with Gasteiger partial charge in [0, 0.05) is 11.3 Å². The molecule has 1 N–H and O–H groups in total. The standard InChI is InChI=1S/C19H23NO4/c1-19(2,3)24-18(22)20(13-14-7-5-6-8-17(14)21)15-9-11-16(23-4)12-10-15/h5-12,21H,13H2,1-4H3. The first kappa shape index (κ1) is 17.7. The molecule has 0 radical (unpaired) electrons. The van der Waals surface area contributed by atoms with Gasteiger partial charge in [-0.25, -0.2) is 4.79 Å². The molecule has 0 saturated heterocycles. The number of benzene rings is 2. The lowest BCUT2D eigenvalue weighted by Crippen LogP contribution is -2.36. The molecule has 0 spiro atoms. The van der Waals surface area contributed by atoms with Crippen LogP contribution in [0.5, 0.6) is 11.5 Å². The van der Waals surface area contributed by atoms with Gasteiger partial charge in [0.1, 0.15) is 17.1 Å². The Morgan fingerprint density at radius 3 is 2.25 bits per heavy atom. The van der Waals surface area contributed by atoms with Gasteiger partial charge < -0.3 is 14.6 Å². The molecule has 2 rings (SSSR count). The number of para-hydroxylation sites is 1. The fourth-order valence-electron chi connectivity index (χ4n) is 2.16. The topological polar surface area (TPSA) is 59.0 Å². The highest BCUT2D eigenvalue weighted by Gasteiger charge is 2.24. The second-order valence-corrected chi connectivity index (χ2v) is 6.39. The summed E-state index contributed by atoms with van der Waals surface area (Å²) in [6, 6.07) is 14.0. The van der Waals surface area contributed by atoms with Crippen molar-refractivity contribution in [2.75, 3.05) is 12.0 Å². The van der Waals surface area contributed by atoms with E-state index >= 15 is 0 Å². The van der Waals surface area contributed by atoms with E-state index in [9.17, 15) is 9.90 Å². The van der Waals surface area contributed by atoms with Crippen LogP contribution in [0.25, 0.3) is 0 Å². The predicted octanol–water partition coefficient (Wildman–Crippen LogP) is 4.34. The summed E-state index contributed by atoms with van der Waals surface area (Å²) in [5, 5.41) is 10.0. The summed E-state index contributed by atoms with van der Waals surface area (Å²) in [7, 11) is 1.59. The number of hydrogen-bond acceptors (Lipinski definition) is 4. The summed E-state index contributed by atoms with van der Waals surface area (Å²) < 4.78 is 10.6. The Morgan fingerprint density at radius 2 is 1.71 bits per heavy atom. The van der Waals surface area contributed by atoms with E-state index in [2.05, 4.69) is 0 Å². The van der Waals surface area contributed by atoms with Crippen molar-refractivity contribution in [3.05, 3.63) is 54.1 Å². The SMILES string of the molecule is COc1ccc(N(Cc2ccccc2O)C(=O)OC(C)(C)C)cc1. The molecule has 0 atom stereocenters. The molecule has 0 aliphatic rings. The number of anilines is 1. The highest BCUT2D eigenvalue weighted by atomic mass is 16.6. The number of ether oxygens (including phenoxy) is 2. The molecule has 0 fully saturated rings. The van der Waals surface area contributed by atoms with E-state index in [0.717, 1.165) is 0 Å². The average molecular weight is 329 g/mol. The van der Waals surface area contributed by atoms with Gasteiger partial charge in [-0.2, -0.15) is 0 Å². The van der Waals surface area contributed by atoms with Gasteiger partial charge in [0.2, 0.25) is 0 Å². The number of aromatic hydroxyl groups is 1. The number of carbonyl (C=O) groups is 1. The van der Waals surface area contributed by atoms with E-state index in [-0.39, 0.29) is 12.3 Å². The minimum absolute atomic E-state index is 0.138. The zero-order valence-corrected chi connectivity index (χ0v) is 14.4. The fraction of sp³-hybridized carbons (Fsp3) is 0.316. The second-order valence-electron chi connectivity index (χ2n) is 6.39. The van der Waals surface area contributed by atoms with E-state index in [1.165, 1.54) is 4.90 Å². The largest absolute Gasteiger partial charge is 0.508 e. The fourth-order valence-corrected chi connectivity index (χ4v) is 2.16. The zero-order chi connectivity index (χ0) is 17.7. The van der Waals surface area contributed by atoms with Crippen molar-refractivity contribution < 1.29 is 19.4 Å². The van der Waals surface area contributed by atoms with Gasteiger partial charge >= 0.3 is 6.09 Å². The molecule has 0 aliphatic heterocycles. The lowest BCUT2D eigenvalue weighted by atomic mass is 10.1. The van der Waals surface area contributed by atoms with Crippen LogP contribution in [0.2, 0.25) is 0 Å². The van der Waals surface area contributed by atoms with Crippen LogP contribution < -0.4 is 9.64 Å². The van der Waals surface area contributed by atoms with E-state index in [4.69, 9.17) is 9.47 Å². The Bertz CT molecular complexity index is 689. The number of phenolic OH excluding ortho intramolecular Hbond substituents is 1. The van der Waals surface area contributed by atoms with Crippen LogP contribution in [0.15, 0.2) is 48.5 Å². The molecular formula is C19H23NO4. The Hall–Kier alpha value is -2.69. The summed E-state index contributed by atoms with van der Waals surface area (Å²) in [6.07, 6.45) is -0.476. The van der Waals surface area contributed by atoms with Crippen LogP contribution in [-0.4, -0.2) is 23.9 Å². The summed E-state index contributed by atoms with van der Waals surface area (Å²) in [5.41, 5.74) is 0.688. The van der Waals surface area contributed by atoms with E-state index in [1.54, 1.807) is 49.6 Å². The van der Waals surface area contributed by atoms with Crippen LogP contribution in [0, 0.1) is 0 Å². The molecule has 0 aliphatic carbocycles. The summed E-state index contributed by atoms with van der Waals surface area (Å²) in [4.78, 5) is 14.1. The number of methoxy groups -OCH3 is 1. The normalized spacial score (nSPS) is 11.0. The monoisotopic (exact) mass is 329 g/mol. The number of rotatable bonds is 4. The van der Waals surface area contributed by atoms with Gasteiger partial charge in [0.25, 0.3) is 0 Å². The zero-order valence-electron chi connectivity index (χ0n) is 14.4. The maximum absolute atomic E-state index is 12.6. The van der Waals surface area contributed by atoms with Crippen LogP contribution in [-0.2, 0) is 11.3 Å². The highest BCUT2D eigenvalue weighted by Crippen LogP contribution is 2.26. The van der Waals surface area contributed by atoms with Gasteiger partial charge in [0.15, 0.2) is 0 Å². The molecule has 0 aromatic heterocycles. The van der Waals surface area contributed by atoms with Crippen LogP contribution in [0.4, 0.5) is 10.5 Å². The summed E-state index contributed by atoms with van der Waals surface area (Å²) in [6.45, 7) is 5.65. The smallest absolute Gasteiger partial charge is 0.415 e. The minimum atomic E-state index is -0.611. The Balaban J connectivity index is 2.33. The van der Waals surface area contributed by atoms with Gasteiger partial charge in [-0.05, 0) is 51.1 Å². The Labute approximate surface area is 142 Å². The molecule has 0 unspecified atom stereocenters. The van der Waals surface area contributed by atoms with Gasteiger partial charge in [-0.3, -0.25) is 4.90 Å². The Morgan fingerprint density at radius 1 is 1.08 bits per heavy atom. The van der Waals surface area contributed by atoms with E-state index in [0.29, 0.717) is 17.0 Å². The number of phenols is 1. The maximum Gasteiger partial charge on any atom is 0.415 e. The molecule has 2 aromatic rings. The average Bonchev–Trinajstić information content (AvgIpc) is 2.52. The molecular weight excluding hydrogens is 306 g/mol. The first-order valence-electron chi connectivity index (χ1n) is 7.71. The molecule has 2 aromatic carbocycles. The number of hydrogen-bond donors (Lipinski definition) is 1. The lowest BCUT2D eigenvalue weighted by Gasteiger charge is -2.28. The highest BCUT2D eigenvalue weighted by molar-refractivity contribution is 5.88. The molecule has 1 amide bonds. The molecule has 0 saturated carbocycles. The lowest BCUT2D eigenvalue weighted by molar-refractivity contribution is 0.0577. The molecule has 0 heterocycles. The van der Waals surface area contributed by atoms with Gasteiger partial charge in [0.05, 0.1) is 13.7 Å². The van der Waals surface area contributed by atoms with Crippen molar-refractivity contribution in [2.45, 2.75) is 32.9 Å². The van der Waals surface area contributed by atoms with Crippen LogP contribution >= 0.6 is 0 Å². The van der Waals surface area contributed by atoms with Gasteiger partial charge in [-0.1, -0.05) is 18.2 Å². The Kier molecular flexibility index (Phi) is 5.34. The van der Waals surface area contributed by atoms with Crippen molar-refractivity contribution in [1.29, 1.82) is 0 Å². The first-order chi connectivity index (χ1) is 11.3. The van der Waals surface area contributed by atoms with E-state index in [1.807, 2.05) is 26.8 Å². The predicted molar refractivity (Wildman–Crippen MR) is 93.5 cm³/mol. The van der Waals surface area contributed by atoms with Crippen molar-refractivity contribution in [3.8, 4) is 11.5 Å². The van der Waals surface area contributed by atoms with Gasteiger partial charge in [-0.15, -0.1) is 0 Å². The molecule has 128 valence electrons. The third-order valence-electron chi connectivity index (χ3n) is 3.32. The minimum Gasteiger partial charge on any atom is -0.508 e. The van der Waals surface area contributed by atoms with Crippen LogP contribution in [0.3, 0.4) is 0 Å². The number of carbonyl (C=O) groups excluding carboxylic acids is 1.